The van der Waals surface area contributed by atoms with E-state index in [1.165, 1.54) is 6.92 Å². The van der Waals surface area contributed by atoms with Crippen LogP contribution < -0.4 is 5.32 Å². The van der Waals surface area contributed by atoms with E-state index >= 15 is 0 Å². The van der Waals surface area contributed by atoms with Crippen molar-refractivity contribution in [3.8, 4) is 0 Å². The largest absolute Gasteiger partial charge is 0.358 e. The molecule has 0 fully saturated rings. The second-order valence-electron chi connectivity index (χ2n) is 2.08. The van der Waals surface area contributed by atoms with Gasteiger partial charge in [-0.1, -0.05) is 16.8 Å². The van der Waals surface area contributed by atoms with Gasteiger partial charge in [-0.15, -0.1) is 0 Å². The molecule has 11 heavy (non-hydrogen) atoms. The Morgan fingerprint density at radius 2 is 2.36 bits per heavy atom. The number of hydrogen-bond donors (Lipinski definition) is 1. The van der Waals surface area contributed by atoms with Crippen LogP contribution in [0.5, 0.6) is 0 Å². The van der Waals surface area contributed by atoms with Gasteiger partial charge >= 0.3 is 0 Å². The fourth-order valence-corrected chi connectivity index (χ4v) is 0.722. The van der Waals surface area contributed by atoms with Gasteiger partial charge in [-0.2, -0.15) is 0 Å². The fraction of sp³-hybridized carbons (Fsp3) is 0.333. The number of halogens is 1. The molecule has 0 aromatic carbocycles. The summed E-state index contributed by atoms with van der Waals surface area (Å²) in [6, 6.07) is 0. The third kappa shape index (κ3) is 1.71. The van der Waals surface area contributed by atoms with Crippen molar-refractivity contribution in [2.75, 3.05) is 5.32 Å². The van der Waals surface area contributed by atoms with Crippen molar-refractivity contribution in [1.82, 2.24) is 5.16 Å². The molecule has 0 aliphatic rings. The number of amides is 1. The second-order valence-corrected chi connectivity index (χ2v) is 2.46. The van der Waals surface area contributed by atoms with Crippen LogP contribution in [-0.4, -0.2) is 11.1 Å². The normalized spacial score (nSPS) is 9.73. The van der Waals surface area contributed by atoms with Crippen LogP contribution in [0, 0.1) is 6.92 Å². The van der Waals surface area contributed by atoms with Gasteiger partial charge in [-0.25, -0.2) is 0 Å². The number of aromatic nitrogens is 1. The molecular weight excluding hydrogens is 168 g/mol. The predicted molar refractivity (Wildman–Crippen MR) is 40.6 cm³/mol. The zero-order valence-corrected chi connectivity index (χ0v) is 6.90. The molecular formula is C6H7ClN2O2. The molecule has 1 heterocycles. The number of carbonyl (C=O) groups is 1. The second kappa shape index (κ2) is 2.92. The molecule has 5 heteroatoms. The molecule has 0 bridgehead atoms. The maximum Gasteiger partial charge on any atom is 0.222 e. The van der Waals surface area contributed by atoms with Crippen LogP contribution >= 0.6 is 11.6 Å². The maximum atomic E-state index is 10.5. The summed E-state index contributed by atoms with van der Waals surface area (Å²) in [6.45, 7) is 3.04. The average molecular weight is 175 g/mol. The molecule has 0 saturated heterocycles. The molecule has 0 saturated carbocycles. The molecule has 0 unspecified atom stereocenters. The number of carbonyl (C=O) groups excluding carboxylic acids is 1. The molecule has 1 N–H and O–H groups in total. The van der Waals surface area contributed by atoms with Crippen molar-refractivity contribution < 1.29 is 9.32 Å². The average Bonchev–Trinajstić information content (AvgIpc) is 2.18. The lowest BCUT2D eigenvalue weighted by Crippen LogP contribution is -2.06. The third-order valence-electron chi connectivity index (χ3n) is 1.09. The lowest BCUT2D eigenvalue weighted by Gasteiger charge is -1.93. The van der Waals surface area contributed by atoms with Gasteiger partial charge in [0.2, 0.25) is 5.91 Å². The molecule has 0 spiro atoms. The van der Waals surface area contributed by atoms with E-state index in [-0.39, 0.29) is 11.7 Å². The van der Waals surface area contributed by atoms with Crippen LogP contribution in [-0.2, 0) is 4.79 Å². The number of nitrogens with one attached hydrogen (secondary N) is 1. The van der Waals surface area contributed by atoms with Gasteiger partial charge in [0, 0.05) is 6.92 Å². The molecule has 0 aliphatic carbocycles. The summed E-state index contributed by atoms with van der Waals surface area (Å²) in [4.78, 5) is 10.5. The first kappa shape index (κ1) is 8.07. The summed E-state index contributed by atoms with van der Waals surface area (Å²) >= 11 is 5.68. The lowest BCUT2D eigenvalue weighted by molar-refractivity contribution is -0.114. The van der Waals surface area contributed by atoms with Crippen LogP contribution in [0.1, 0.15) is 12.7 Å². The van der Waals surface area contributed by atoms with E-state index in [0.717, 1.165) is 0 Å². The van der Waals surface area contributed by atoms with Crippen molar-refractivity contribution in [2.45, 2.75) is 13.8 Å². The summed E-state index contributed by atoms with van der Waals surface area (Å²) in [5.41, 5.74) is 0. The Morgan fingerprint density at radius 1 is 1.73 bits per heavy atom. The van der Waals surface area contributed by atoms with Crippen molar-refractivity contribution in [3.63, 3.8) is 0 Å². The van der Waals surface area contributed by atoms with E-state index in [2.05, 4.69) is 10.5 Å². The maximum absolute atomic E-state index is 10.5. The number of hydrogen-bond acceptors (Lipinski definition) is 3. The van der Waals surface area contributed by atoms with Crippen molar-refractivity contribution in [1.29, 1.82) is 0 Å². The quantitative estimate of drug-likeness (QED) is 0.704. The first-order chi connectivity index (χ1) is 5.11. The minimum atomic E-state index is -0.222. The Morgan fingerprint density at radius 3 is 2.73 bits per heavy atom. The molecule has 4 nitrogen and oxygen atoms in total. The number of aryl methyl sites for hydroxylation is 1. The monoisotopic (exact) mass is 174 g/mol. The summed E-state index contributed by atoms with van der Waals surface area (Å²) in [6.07, 6.45) is 0. The highest BCUT2D eigenvalue weighted by Gasteiger charge is 2.10. The topological polar surface area (TPSA) is 55.1 Å². The summed E-state index contributed by atoms with van der Waals surface area (Å²) in [5.74, 6) is 0.548. The molecule has 0 atom stereocenters. The number of nitrogens with zero attached hydrogens (tertiary/aromatic N) is 1. The van der Waals surface area contributed by atoms with Crippen LogP contribution in [0.3, 0.4) is 0 Å². The first-order valence-corrected chi connectivity index (χ1v) is 3.38. The molecule has 1 aromatic heterocycles. The van der Waals surface area contributed by atoms with Crippen LogP contribution in [0.2, 0.25) is 5.02 Å². The Labute approximate surface area is 68.5 Å². The van der Waals surface area contributed by atoms with Crippen LogP contribution in [0.15, 0.2) is 4.52 Å². The van der Waals surface area contributed by atoms with E-state index in [9.17, 15) is 4.79 Å². The minimum absolute atomic E-state index is 0.222. The highest BCUT2D eigenvalue weighted by atomic mass is 35.5. The molecule has 0 radical (unpaired) electrons. The van der Waals surface area contributed by atoms with Gasteiger partial charge in [-0.05, 0) is 6.92 Å². The minimum Gasteiger partial charge on any atom is -0.358 e. The molecule has 0 aliphatic heterocycles. The first-order valence-electron chi connectivity index (χ1n) is 3.00. The fourth-order valence-electron chi connectivity index (χ4n) is 0.605. The molecule has 1 amide bonds. The zero-order chi connectivity index (χ0) is 8.43. The van der Waals surface area contributed by atoms with Crippen molar-refractivity contribution in [3.05, 3.63) is 10.8 Å². The van der Waals surface area contributed by atoms with E-state index in [4.69, 9.17) is 16.1 Å². The SMILES string of the molecule is CC(=O)Nc1noc(C)c1Cl. The van der Waals surface area contributed by atoms with Crippen molar-refractivity contribution in [2.24, 2.45) is 0 Å². The third-order valence-corrected chi connectivity index (χ3v) is 1.53. The highest BCUT2D eigenvalue weighted by molar-refractivity contribution is 6.33. The van der Waals surface area contributed by atoms with Crippen LogP contribution in [0.4, 0.5) is 5.82 Å². The van der Waals surface area contributed by atoms with E-state index < -0.39 is 0 Å². The lowest BCUT2D eigenvalue weighted by atomic mass is 10.5. The summed E-state index contributed by atoms with van der Waals surface area (Å²) < 4.78 is 4.70. The molecule has 1 rings (SSSR count). The highest BCUT2D eigenvalue weighted by Crippen LogP contribution is 2.23. The van der Waals surface area contributed by atoms with Crippen LogP contribution in [0.25, 0.3) is 0 Å². The Hall–Kier alpha value is -1.03. The Bertz CT molecular complexity index is 282. The standard InChI is InChI=1S/C6H7ClN2O2/c1-3-5(7)6(9-11-3)8-4(2)10/h1-2H3,(H,8,9,10). The van der Waals surface area contributed by atoms with E-state index in [1.807, 2.05) is 0 Å². The Balaban J connectivity index is 2.87. The summed E-state index contributed by atoms with van der Waals surface area (Å²) in [7, 11) is 0. The zero-order valence-electron chi connectivity index (χ0n) is 6.14. The van der Waals surface area contributed by atoms with Gasteiger partial charge in [0.15, 0.2) is 11.6 Å². The van der Waals surface area contributed by atoms with Crippen molar-refractivity contribution >= 4 is 23.3 Å². The summed E-state index contributed by atoms with van der Waals surface area (Å²) in [5, 5.41) is 6.28. The van der Waals surface area contributed by atoms with Gasteiger partial charge < -0.3 is 9.84 Å². The van der Waals surface area contributed by atoms with Gasteiger partial charge in [0.25, 0.3) is 0 Å². The number of anilines is 1. The van der Waals surface area contributed by atoms with Gasteiger partial charge in [0.1, 0.15) is 5.02 Å². The van der Waals surface area contributed by atoms with E-state index in [1.54, 1.807) is 6.92 Å². The smallest absolute Gasteiger partial charge is 0.222 e. The Kier molecular flexibility index (Phi) is 2.14. The molecule has 60 valence electrons. The van der Waals surface area contributed by atoms with Gasteiger partial charge in [0.05, 0.1) is 0 Å². The van der Waals surface area contributed by atoms with Gasteiger partial charge in [-0.3, -0.25) is 4.79 Å². The van der Waals surface area contributed by atoms with E-state index in [0.29, 0.717) is 10.8 Å². The predicted octanol–water partition coefficient (Wildman–Crippen LogP) is 1.59. The number of rotatable bonds is 1. The molecule has 1 aromatic rings.